The summed E-state index contributed by atoms with van der Waals surface area (Å²) < 4.78 is 33.0. The van der Waals surface area contributed by atoms with Crippen LogP contribution < -0.4 is 10.0 Å². The van der Waals surface area contributed by atoms with E-state index in [0.29, 0.717) is 12.1 Å². The molecule has 2 aromatic heterocycles. The number of hydrogen-bond acceptors (Lipinski definition) is 7. The van der Waals surface area contributed by atoms with Crippen LogP contribution in [0.25, 0.3) is 10.6 Å². The molecule has 0 radical (unpaired) electrons. The Morgan fingerprint density at radius 1 is 1.10 bits per heavy atom. The van der Waals surface area contributed by atoms with Crippen LogP contribution in [0, 0.1) is 6.92 Å². The highest BCUT2D eigenvalue weighted by Gasteiger charge is 2.18. The molecule has 0 aliphatic carbocycles. The van der Waals surface area contributed by atoms with Crippen molar-refractivity contribution < 1.29 is 13.0 Å². The Labute approximate surface area is 188 Å². The van der Waals surface area contributed by atoms with Gasteiger partial charge < -0.3 is 5.32 Å². The molecular formula is C21H20N4O3S3. The van der Waals surface area contributed by atoms with Crippen LogP contribution in [0.3, 0.4) is 0 Å². The number of nitrogens with one attached hydrogen (secondary N) is 2. The van der Waals surface area contributed by atoms with Gasteiger partial charge in [-0.2, -0.15) is 8.42 Å². The highest BCUT2D eigenvalue weighted by molar-refractivity contribution is 7.87. The van der Waals surface area contributed by atoms with Crippen molar-refractivity contribution in [3.63, 3.8) is 0 Å². The summed E-state index contributed by atoms with van der Waals surface area (Å²) in [4.78, 5) is 9.18. The third kappa shape index (κ3) is 5.88. The van der Waals surface area contributed by atoms with Crippen molar-refractivity contribution in [1.29, 1.82) is 0 Å². The molecule has 0 saturated carbocycles. The van der Waals surface area contributed by atoms with Crippen LogP contribution in [0.1, 0.15) is 22.3 Å². The van der Waals surface area contributed by atoms with Gasteiger partial charge in [-0.3, -0.25) is 9.27 Å². The summed E-state index contributed by atoms with van der Waals surface area (Å²) in [5.41, 5.74) is 3.30. The van der Waals surface area contributed by atoms with Crippen molar-refractivity contribution in [2.75, 3.05) is 10.0 Å². The molecule has 0 spiro atoms. The fourth-order valence-corrected chi connectivity index (χ4v) is 5.13. The van der Waals surface area contributed by atoms with Gasteiger partial charge in [0.05, 0.1) is 28.6 Å². The summed E-state index contributed by atoms with van der Waals surface area (Å²) in [6.07, 6.45) is 2.46. The summed E-state index contributed by atoms with van der Waals surface area (Å²) in [6, 6.07) is 16.8. The number of hydrogen-bond donors (Lipinski definition) is 3. The van der Waals surface area contributed by atoms with Gasteiger partial charge in [0.15, 0.2) is 0 Å². The molecule has 31 heavy (non-hydrogen) atoms. The van der Waals surface area contributed by atoms with Gasteiger partial charge in [0.1, 0.15) is 10.0 Å². The second-order valence-corrected chi connectivity index (χ2v) is 10.1. The first-order valence-corrected chi connectivity index (χ1v) is 12.5. The van der Waals surface area contributed by atoms with Crippen molar-refractivity contribution in [2.45, 2.75) is 19.4 Å². The highest BCUT2D eigenvalue weighted by atomic mass is 32.2. The lowest BCUT2D eigenvalue weighted by atomic mass is 10.0. The lowest BCUT2D eigenvalue weighted by molar-refractivity contribution is 0.489. The first kappa shape index (κ1) is 21.4. The summed E-state index contributed by atoms with van der Waals surface area (Å²) >= 11 is 3.18. The third-order valence-electron chi connectivity index (χ3n) is 4.48. The van der Waals surface area contributed by atoms with Gasteiger partial charge in [-0.05, 0) is 31.0 Å². The number of aryl methyl sites for hydroxylation is 1. The number of thiazole rings is 2. The monoisotopic (exact) mass is 472 g/mol. The Morgan fingerprint density at radius 3 is 2.48 bits per heavy atom. The highest BCUT2D eigenvalue weighted by Crippen LogP contribution is 2.31. The Kier molecular flexibility index (Phi) is 6.33. The second-order valence-electron chi connectivity index (χ2n) is 6.86. The lowest BCUT2D eigenvalue weighted by Crippen LogP contribution is -2.14. The zero-order valence-electron chi connectivity index (χ0n) is 16.5. The molecule has 4 aromatic rings. The van der Waals surface area contributed by atoms with E-state index in [1.54, 1.807) is 34.8 Å². The van der Waals surface area contributed by atoms with E-state index in [0.717, 1.165) is 31.8 Å². The van der Waals surface area contributed by atoms with Gasteiger partial charge in [0, 0.05) is 10.9 Å². The van der Waals surface area contributed by atoms with E-state index in [4.69, 9.17) is 9.54 Å². The molecule has 4 rings (SSSR count). The van der Waals surface area contributed by atoms with Gasteiger partial charge in [-0.25, -0.2) is 9.97 Å². The molecule has 0 amide bonds. The quantitative estimate of drug-likeness (QED) is 0.305. The minimum atomic E-state index is -4.29. The van der Waals surface area contributed by atoms with Crippen molar-refractivity contribution in [3.05, 3.63) is 82.4 Å². The molecule has 0 fully saturated rings. The molecule has 3 N–H and O–H groups in total. The van der Waals surface area contributed by atoms with E-state index in [9.17, 15) is 8.42 Å². The zero-order valence-corrected chi connectivity index (χ0v) is 19.0. The molecule has 0 aliphatic heterocycles. The van der Waals surface area contributed by atoms with Crippen molar-refractivity contribution in [2.24, 2.45) is 0 Å². The Balaban J connectivity index is 1.58. The maximum absolute atomic E-state index is 11.0. The van der Waals surface area contributed by atoms with E-state index >= 15 is 0 Å². The first-order chi connectivity index (χ1) is 14.9. The van der Waals surface area contributed by atoms with E-state index in [2.05, 4.69) is 20.4 Å². The number of aromatic nitrogens is 2. The summed E-state index contributed by atoms with van der Waals surface area (Å²) in [6.45, 7) is 1.96. The minimum absolute atomic E-state index is 0.0889. The van der Waals surface area contributed by atoms with Crippen molar-refractivity contribution in [3.8, 4) is 10.6 Å². The first-order valence-electron chi connectivity index (χ1n) is 9.40. The molecule has 2 heterocycles. The number of benzene rings is 2. The molecule has 1 atom stereocenters. The molecule has 0 bridgehead atoms. The topological polar surface area (TPSA) is 104 Å². The Bertz CT molecular complexity index is 1250. The van der Waals surface area contributed by atoms with Crippen LogP contribution >= 0.6 is 22.7 Å². The predicted octanol–water partition coefficient (Wildman–Crippen LogP) is 5.19. The van der Waals surface area contributed by atoms with Crippen molar-refractivity contribution >= 4 is 43.7 Å². The maximum atomic E-state index is 11.0. The Hall–Kier alpha value is -2.79. The van der Waals surface area contributed by atoms with Crippen LogP contribution in [0.5, 0.6) is 0 Å². The molecule has 7 nitrogen and oxygen atoms in total. The largest absolute Gasteiger partial charge is 0.367 e. The maximum Gasteiger partial charge on any atom is 0.357 e. The van der Waals surface area contributed by atoms with Gasteiger partial charge in [0.2, 0.25) is 0 Å². The van der Waals surface area contributed by atoms with Crippen LogP contribution in [0.15, 0.2) is 66.2 Å². The number of anilines is 2. The zero-order chi connectivity index (χ0) is 21.8. The average molecular weight is 473 g/mol. The second kappa shape index (κ2) is 9.15. The molecule has 160 valence electrons. The van der Waals surface area contributed by atoms with E-state index < -0.39 is 10.3 Å². The lowest BCUT2D eigenvalue weighted by Gasteiger charge is -2.17. The molecule has 2 aromatic carbocycles. The SMILES string of the molecule is Cc1ncc(N[C@@H](Cc2ccc(NS(=O)(=O)O)cc2)c2csc(-c3ccccc3)n2)s1. The fraction of sp³-hybridized carbons (Fsp3) is 0.143. The molecule has 0 unspecified atom stereocenters. The normalized spacial score (nSPS) is 12.5. The van der Waals surface area contributed by atoms with E-state index in [1.807, 2.05) is 55.6 Å². The minimum Gasteiger partial charge on any atom is -0.367 e. The van der Waals surface area contributed by atoms with Gasteiger partial charge in [-0.15, -0.1) is 22.7 Å². The molecule has 10 heteroatoms. The van der Waals surface area contributed by atoms with Crippen molar-refractivity contribution in [1.82, 2.24) is 9.97 Å². The molecular weight excluding hydrogens is 452 g/mol. The predicted molar refractivity (Wildman–Crippen MR) is 126 cm³/mol. The molecule has 0 saturated heterocycles. The summed E-state index contributed by atoms with van der Waals surface area (Å²) in [5, 5.41) is 8.48. The van der Waals surface area contributed by atoms with Crippen LogP contribution in [-0.4, -0.2) is 22.9 Å². The smallest absolute Gasteiger partial charge is 0.357 e. The Morgan fingerprint density at radius 2 is 1.84 bits per heavy atom. The van der Waals surface area contributed by atoms with E-state index in [1.165, 1.54) is 0 Å². The number of rotatable bonds is 8. The van der Waals surface area contributed by atoms with Crippen LogP contribution in [-0.2, 0) is 16.7 Å². The fourth-order valence-electron chi connectivity index (χ4n) is 3.08. The summed E-state index contributed by atoms with van der Waals surface area (Å²) in [5.74, 6) is 0. The van der Waals surface area contributed by atoms with E-state index in [-0.39, 0.29) is 6.04 Å². The van der Waals surface area contributed by atoms with Gasteiger partial charge in [-0.1, -0.05) is 42.5 Å². The standard InChI is InChI=1S/C21H20N4O3S3/c1-14-22-12-20(30-14)23-18(11-15-7-9-17(10-8-15)25-31(26,27)28)19-13-29-21(24-19)16-5-3-2-4-6-16/h2-10,12-13,18,23,25H,11H2,1H3,(H,26,27,28)/t18-/m0/s1. The summed E-state index contributed by atoms with van der Waals surface area (Å²) in [7, 11) is -4.29. The van der Waals surface area contributed by atoms with Gasteiger partial charge in [0.25, 0.3) is 0 Å². The van der Waals surface area contributed by atoms with Crippen LogP contribution in [0.2, 0.25) is 0 Å². The van der Waals surface area contributed by atoms with Crippen LogP contribution in [0.4, 0.5) is 10.7 Å². The van der Waals surface area contributed by atoms with Gasteiger partial charge >= 0.3 is 10.3 Å². The average Bonchev–Trinajstić information content (AvgIpc) is 3.38. The third-order valence-corrected chi connectivity index (χ3v) is 6.73. The molecule has 0 aliphatic rings. The number of nitrogens with zero attached hydrogens (tertiary/aromatic N) is 2.